The van der Waals surface area contributed by atoms with Crippen molar-refractivity contribution in [3.8, 4) is 0 Å². The molecule has 1 aromatic rings. The summed E-state index contributed by atoms with van der Waals surface area (Å²) in [5.41, 5.74) is 3.89. The van der Waals surface area contributed by atoms with E-state index in [1.165, 1.54) is 0 Å². The summed E-state index contributed by atoms with van der Waals surface area (Å²) in [7, 11) is 0. The second kappa shape index (κ2) is 4.78. The highest BCUT2D eigenvalue weighted by Gasteiger charge is 1.96. The van der Waals surface area contributed by atoms with E-state index < -0.39 is 0 Å². The molecule has 0 heterocycles. The molecule has 12 heavy (non-hydrogen) atoms. The smallest absolute Gasteiger partial charge is 0.0823 e. The largest absolute Gasteiger partial charge is 0.273 e. The first-order valence-electron chi connectivity index (χ1n) is 4.29. The minimum Gasteiger partial charge on any atom is -0.273 e. The van der Waals surface area contributed by atoms with Gasteiger partial charge in [-0.1, -0.05) is 25.1 Å². The monoisotopic (exact) mass is 165 g/mol. The zero-order chi connectivity index (χ0) is 8.81. The second-order valence-electron chi connectivity index (χ2n) is 2.80. The molecule has 0 radical (unpaired) electrons. The maximum absolute atomic E-state index is 5.33. The van der Waals surface area contributed by atoms with Gasteiger partial charge in [-0.25, -0.2) is 0 Å². The third-order valence-corrected chi connectivity index (χ3v) is 1.73. The highest BCUT2D eigenvalue weighted by molar-refractivity contribution is 5.39. The number of benzene rings is 1. The highest BCUT2D eigenvalue weighted by atomic mass is 16.7. The fraction of sp³-hybridized carbons (Fsp3) is 0.400. The van der Waals surface area contributed by atoms with Crippen LogP contribution in [0.2, 0.25) is 0 Å². The van der Waals surface area contributed by atoms with Crippen LogP contribution in [-0.2, 0) is 4.84 Å². The number of nitrogens with one attached hydrogen (secondary N) is 1. The second-order valence-corrected chi connectivity index (χ2v) is 2.80. The van der Waals surface area contributed by atoms with Crippen LogP contribution in [0.15, 0.2) is 30.3 Å². The van der Waals surface area contributed by atoms with Crippen LogP contribution in [0.5, 0.6) is 0 Å². The van der Waals surface area contributed by atoms with Crippen molar-refractivity contribution in [3.63, 3.8) is 0 Å². The van der Waals surface area contributed by atoms with Gasteiger partial charge >= 0.3 is 0 Å². The van der Waals surface area contributed by atoms with E-state index >= 15 is 0 Å². The molecule has 0 aliphatic rings. The van der Waals surface area contributed by atoms with Crippen LogP contribution in [-0.4, -0.2) is 6.10 Å². The van der Waals surface area contributed by atoms with Gasteiger partial charge in [0.05, 0.1) is 11.8 Å². The Bertz CT molecular complexity index is 210. The summed E-state index contributed by atoms with van der Waals surface area (Å²) in [4.78, 5) is 5.33. The third kappa shape index (κ3) is 2.93. The van der Waals surface area contributed by atoms with Crippen molar-refractivity contribution in [2.24, 2.45) is 0 Å². The molecule has 0 bridgehead atoms. The van der Waals surface area contributed by atoms with E-state index in [1.807, 2.05) is 37.3 Å². The molecule has 0 fully saturated rings. The molecule has 1 aromatic carbocycles. The zero-order valence-electron chi connectivity index (χ0n) is 7.58. The Hall–Kier alpha value is -1.02. The molecule has 0 aliphatic carbocycles. The van der Waals surface area contributed by atoms with Crippen LogP contribution >= 0.6 is 0 Å². The quantitative estimate of drug-likeness (QED) is 0.693. The van der Waals surface area contributed by atoms with E-state index in [4.69, 9.17) is 4.84 Å². The molecular weight excluding hydrogens is 150 g/mol. The third-order valence-electron chi connectivity index (χ3n) is 1.73. The lowest BCUT2D eigenvalue weighted by molar-refractivity contribution is 0.112. The molecular formula is C10H15NO. The standard InChI is InChI=1S/C10H15NO/c1-3-9(2)12-11-10-7-5-4-6-8-10/h4-9,11H,3H2,1-2H3. The Morgan fingerprint density at radius 1 is 1.33 bits per heavy atom. The molecule has 0 saturated heterocycles. The van der Waals surface area contributed by atoms with Crippen molar-refractivity contribution in [1.29, 1.82) is 0 Å². The minimum absolute atomic E-state index is 0.255. The van der Waals surface area contributed by atoms with Gasteiger partial charge in [0.15, 0.2) is 0 Å². The number of para-hydroxylation sites is 1. The Morgan fingerprint density at radius 2 is 2.00 bits per heavy atom. The molecule has 1 N–H and O–H groups in total. The topological polar surface area (TPSA) is 21.3 Å². The van der Waals surface area contributed by atoms with Gasteiger partial charge < -0.3 is 0 Å². The lowest BCUT2D eigenvalue weighted by Crippen LogP contribution is -2.11. The van der Waals surface area contributed by atoms with Crippen molar-refractivity contribution in [3.05, 3.63) is 30.3 Å². The van der Waals surface area contributed by atoms with E-state index in [0.717, 1.165) is 12.1 Å². The summed E-state index contributed by atoms with van der Waals surface area (Å²) >= 11 is 0. The lowest BCUT2D eigenvalue weighted by Gasteiger charge is -2.11. The van der Waals surface area contributed by atoms with Gasteiger partial charge in [0.1, 0.15) is 0 Å². The predicted octanol–water partition coefficient (Wildman–Crippen LogP) is 2.83. The van der Waals surface area contributed by atoms with E-state index in [9.17, 15) is 0 Å². The number of anilines is 1. The van der Waals surface area contributed by atoms with Crippen LogP contribution in [0, 0.1) is 0 Å². The highest BCUT2D eigenvalue weighted by Crippen LogP contribution is 2.06. The Labute approximate surface area is 73.5 Å². The molecule has 0 aromatic heterocycles. The van der Waals surface area contributed by atoms with E-state index in [1.54, 1.807) is 0 Å². The molecule has 0 aliphatic heterocycles. The van der Waals surface area contributed by atoms with Crippen molar-refractivity contribution >= 4 is 5.69 Å². The van der Waals surface area contributed by atoms with E-state index in [2.05, 4.69) is 12.4 Å². The van der Waals surface area contributed by atoms with Crippen LogP contribution < -0.4 is 5.48 Å². The molecule has 1 unspecified atom stereocenters. The molecule has 2 nitrogen and oxygen atoms in total. The average Bonchev–Trinajstić information content (AvgIpc) is 2.16. The SMILES string of the molecule is CCC(C)ONc1ccccc1. The number of hydrogen-bond donors (Lipinski definition) is 1. The first kappa shape index (κ1) is 9.07. The fourth-order valence-corrected chi connectivity index (χ4v) is 0.758. The lowest BCUT2D eigenvalue weighted by atomic mass is 10.3. The van der Waals surface area contributed by atoms with Gasteiger partial charge in [0, 0.05) is 0 Å². The van der Waals surface area contributed by atoms with Crippen LogP contribution in [0.3, 0.4) is 0 Å². The minimum atomic E-state index is 0.255. The van der Waals surface area contributed by atoms with Gasteiger partial charge in [0.25, 0.3) is 0 Å². The van der Waals surface area contributed by atoms with E-state index in [0.29, 0.717) is 0 Å². The van der Waals surface area contributed by atoms with Crippen LogP contribution in [0.1, 0.15) is 20.3 Å². The van der Waals surface area contributed by atoms with Gasteiger partial charge in [-0.15, -0.1) is 0 Å². The van der Waals surface area contributed by atoms with Crippen LogP contribution in [0.25, 0.3) is 0 Å². The summed E-state index contributed by atoms with van der Waals surface area (Å²) in [6.07, 6.45) is 1.27. The van der Waals surface area contributed by atoms with Crippen LogP contribution in [0.4, 0.5) is 5.69 Å². The summed E-state index contributed by atoms with van der Waals surface area (Å²) in [6, 6.07) is 9.88. The first-order valence-corrected chi connectivity index (χ1v) is 4.29. The summed E-state index contributed by atoms with van der Waals surface area (Å²) < 4.78 is 0. The van der Waals surface area contributed by atoms with E-state index in [-0.39, 0.29) is 6.10 Å². The van der Waals surface area contributed by atoms with Crippen molar-refractivity contribution in [2.75, 3.05) is 5.48 Å². The van der Waals surface area contributed by atoms with Gasteiger partial charge in [0.2, 0.25) is 0 Å². The molecule has 0 amide bonds. The molecule has 1 atom stereocenters. The first-order chi connectivity index (χ1) is 5.83. The number of hydrogen-bond acceptors (Lipinski definition) is 2. The molecule has 0 spiro atoms. The molecule has 66 valence electrons. The normalized spacial score (nSPS) is 12.5. The fourth-order valence-electron chi connectivity index (χ4n) is 0.758. The van der Waals surface area contributed by atoms with Gasteiger partial charge in [-0.3, -0.25) is 10.3 Å². The summed E-state index contributed by atoms with van der Waals surface area (Å²) in [5.74, 6) is 0. The Kier molecular flexibility index (Phi) is 3.61. The maximum Gasteiger partial charge on any atom is 0.0823 e. The summed E-state index contributed by atoms with van der Waals surface area (Å²) in [6.45, 7) is 4.13. The van der Waals surface area contributed by atoms with Crippen molar-refractivity contribution < 1.29 is 4.84 Å². The van der Waals surface area contributed by atoms with Gasteiger partial charge in [-0.05, 0) is 25.5 Å². The maximum atomic E-state index is 5.33. The summed E-state index contributed by atoms with van der Waals surface area (Å²) in [5, 5.41) is 0. The van der Waals surface area contributed by atoms with Crippen molar-refractivity contribution in [1.82, 2.24) is 0 Å². The molecule has 0 saturated carbocycles. The molecule has 1 rings (SSSR count). The Morgan fingerprint density at radius 3 is 2.58 bits per heavy atom. The van der Waals surface area contributed by atoms with Crippen molar-refractivity contribution in [2.45, 2.75) is 26.4 Å². The average molecular weight is 165 g/mol. The Balaban J connectivity index is 2.33. The number of rotatable bonds is 4. The molecule has 2 heteroatoms. The zero-order valence-corrected chi connectivity index (χ0v) is 7.58. The van der Waals surface area contributed by atoms with Gasteiger partial charge in [-0.2, -0.15) is 0 Å². The predicted molar refractivity (Wildman–Crippen MR) is 50.9 cm³/mol.